The molecule has 1 aliphatic rings. The second kappa shape index (κ2) is 6.23. The lowest BCUT2D eigenvalue weighted by Crippen LogP contribution is -2.18. The lowest BCUT2D eigenvalue weighted by Gasteiger charge is -2.32. The summed E-state index contributed by atoms with van der Waals surface area (Å²) in [6.07, 6.45) is 5.26. The van der Waals surface area contributed by atoms with Gasteiger partial charge in [0.05, 0.1) is 12.7 Å². The van der Waals surface area contributed by atoms with Gasteiger partial charge in [0.1, 0.15) is 0 Å². The van der Waals surface area contributed by atoms with Crippen molar-refractivity contribution < 1.29 is 9.53 Å². The number of ether oxygens (including phenoxy) is 1. The van der Waals surface area contributed by atoms with E-state index in [1.165, 1.54) is 38.4 Å². The summed E-state index contributed by atoms with van der Waals surface area (Å²) in [6, 6.07) is 7.97. The molecule has 104 valence electrons. The molecule has 1 aromatic rings. The predicted molar refractivity (Wildman–Crippen MR) is 77.3 cm³/mol. The largest absolute Gasteiger partial charge is 0.465 e. The van der Waals surface area contributed by atoms with Crippen LogP contribution < -0.4 is 0 Å². The Bertz CT molecular complexity index is 419. The first-order valence-corrected chi connectivity index (χ1v) is 7.30. The van der Waals surface area contributed by atoms with Gasteiger partial charge in [0, 0.05) is 0 Å². The van der Waals surface area contributed by atoms with Crippen LogP contribution in [0.5, 0.6) is 0 Å². The molecule has 2 rings (SSSR count). The van der Waals surface area contributed by atoms with E-state index in [1.807, 2.05) is 12.1 Å². The zero-order chi connectivity index (χ0) is 13.8. The molecule has 0 radical (unpaired) electrons. The Morgan fingerprint density at radius 2 is 1.89 bits per heavy atom. The summed E-state index contributed by atoms with van der Waals surface area (Å²) in [5, 5.41) is 0. The molecule has 1 saturated carbocycles. The lowest BCUT2D eigenvalue weighted by molar-refractivity contribution is 0.0600. The maximum atomic E-state index is 11.4. The van der Waals surface area contributed by atoms with Crippen LogP contribution in [0.4, 0.5) is 0 Å². The predicted octanol–water partition coefficient (Wildman–Crippen LogP) is 4.40. The van der Waals surface area contributed by atoms with Gasteiger partial charge in [0.25, 0.3) is 0 Å². The van der Waals surface area contributed by atoms with Gasteiger partial charge in [-0.15, -0.1) is 0 Å². The van der Waals surface area contributed by atoms with Crippen LogP contribution in [0.1, 0.15) is 61.4 Å². The fourth-order valence-corrected chi connectivity index (χ4v) is 3.15. The van der Waals surface area contributed by atoms with Crippen LogP contribution in [0.15, 0.2) is 24.3 Å². The summed E-state index contributed by atoms with van der Waals surface area (Å²) in [5.41, 5.74) is 2.01. The number of benzene rings is 1. The van der Waals surface area contributed by atoms with E-state index in [4.69, 9.17) is 4.74 Å². The lowest BCUT2D eigenvalue weighted by atomic mass is 9.74. The van der Waals surface area contributed by atoms with Crippen molar-refractivity contribution in [3.63, 3.8) is 0 Å². The monoisotopic (exact) mass is 260 g/mol. The third kappa shape index (κ3) is 3.37. The van der Waals surface area contributed by atoms with Crippen LogP contribution in [0.3, 0.4) is 0 Å². The van der Waals surface area contributed by atoms with Crippen LogP contribution in [-0.2, 0) is 4.74 Å². The van der Waals surface area contributed by atoms with Crippen LogP contribution >= 0.6 is 0 Å². The Morgan fingerprint density at radius 1 is 1.21 bits per heavy atom. The highest BCUT2D eigenvalue weighted by Crippen LogP contribution is 2.39. The zero-order valence-corrected chi connectivity index (χ0v) is 12.2. The van der Waals surface area contributed by atoms with Gasteiger partial charge in [0.2, 0.25) is 0 Å². The molecular formula is C17H24O2. The van der Waals surface area contributed by atoms with Crippen molar-refractivity contribution in [2.75, 3.05) is 7.11 Å². The number of esters is 1. The fraction of sp³-hybridized carbons (Fsp3) is 0.588. The minimum Gasteiger partial charge on any atom is -0.465 e. The molecule has 2 heteroatoms. The van der Waals surface area contributed by atoms with Crippen molar-refractivity contribution >= 4 is 5.97 Å². The number of hydrogen-bond acceptors (Lipinski definition) is 2. The zero-order valence-electron chi connectivity index (χ0n) is 12.2. The van der Waals surface area contributed by atoms with Crippen LogP contribution in [0, 0.1) is 11.8 Å². The molecule has 0 bridgehead atoms. The van der Waals surface area contributed by atoms with Gasteiger partial charge in [0.15, 0.2) is 0 Å². The van der Waals surface area contributed by atoms with Crippen LogP contribution in [0.2, 0.25) is 0 Å². The molecule has 1 aromatic carbocycles. The topological polar surface area (TPSA) is 26.3 Å². The first-order valence-electron chi connectivity index (χ1n) is 7.30. The molecule has 0 saturated heterocycles. The molecule has 0 heterocycles. The SMILES string of the molecule is COC(=O)c1ccc([C@@H]2CCC[C@H](C(C)C)C2)cc1. The van der Waals surface area contributed by atoms with E-state index in [9.17, 15) is 4.79 Å². The third-order valence-corrected chi connectivity index (χ3v) is 4.46. The van der Waals surface area contributed by atoms with Crippen molar-refractivity contribution in [1.82, 2.24) is 0 Å². The maximum absolute atomic E-state index is 11.4. The van der Waals surface area contributed by atoms with Gasteiger partial charge >= 0.3 is 5.97 Å². The fourth-order valence-electron chi connectivity index (χ4n) is 3.15. The number of hydrogen-bond donors (Lipinski definition) is 0. The Labute approximate surface area is 116 Å². The molecule has 2 nitrogen and oxygen atoms in total. The van der Waals surface area contributed by atoms with Gasteiger partial charge < -0.3 is 4.74 Å². The van der Waals surface area contributed by atoms with Crippen molar-refractivity contribution in [3.8, 4) is 0 Å². The number of methoxy groups -OCH3 is 1. The summed E-state index contributed by atoms with van der Waals surface area (Å²) in [5.74, 6) is 2.03. The molecule has 1 fully saturated rings. The molecule has 1 aliphatic carbocycles. The summed E-state index contributed by atoms with van der Waals surface area (Å²) in [7, 11) is 1.42. The average Bonchev–Trinajstić information content (AvgIpc) is 2.46. The molecule has 2 atom stereocenters. The van der Waals surface area contributed by atoms with E-state index in [0.717, 1.165) is 11.8 Å². The molecular weight excluding hydrogens is 236 g/mol. The van der Waals surface area contributed by atoms with Crippen molar-refractivity contribution in [1.29, 1.82) is 0 Å². The Hall–Kier alpha value is -1.31. The highest BCUT2D eigenvalue weighted by atomic mass is 16.5. The second-order valence-electron chi connectivity index (χ2n) is 5.98. The quantitative estimate of drug-likeness (QED) is 0.753. The molecule has 19 heavy (non-hydrogen) atoms. The standard InChI is InChI=1S/C17H24O2/c1-12(2)15-5-4-6-16(11-15)13-7-9-14(10-8-13)17(18)19-3/h7-10,12,15-16H,4-6,11H2,1-3H3/t15-,16+/m0/s1. The van der Waals surface area contributed by atoms with Gasteiger partial charge in [-0.25, -0.2) is 4.79 Å². The molecule has 0 N–H and O–H groups in total. The molecule has 0 unspecified atom stereocenters. The van der Waals surface area contributed by atoms with Crippen molar-refractivity contribution in [2.24, 2.45) is 11.8 Å². The van der Waals surface area contributed by atoms with Crippen molar-refractivity contribution in [2.45, 2.75) is 45.4 Å². The van der Waals surface area contributed by atoms with Crippen LogP contribution in [0.25, 0.3) is 0 Å². The van der Waals surface area contributed by atoms with E-state index < -0.39 is 0 Å². The number of carbonyl (C=O) groups is 1. The minimum absolute atomic E-state index is 0.254. The van der Waals surface area contributed by atoms with E-state index in [-0.39, 0.29) is 5.97 Å². The smallest absolute Gasteiger partial charge is 0.337 e. The van der Waals surface area contributed by atoms with E-state index in [0.29, 0.717) is 11.5 Å². The molecule has 0 spiro atoms. The highest BCUT2D eigenvalue weighted by Gasteiger charge is 2.25. The van der Waals surface area contributed by atoms with Crippen molar-refractivity contribution in [3.05, 3.63) is 35.4 Å². The third-order valence-electron chi connectivity index (χ3n) is 4.46. The summed E-state index contributed by atoms with van der Waals surface area (Å²) in [6.45, 7) is 4.65. The Balaban J connectivity index is 2.07. The van der Waals surface area contributed by atoms with Gasteiger partial charge in [-0.3, -0.25) is 0 Å². The molecule has 0 amide bonds. The molecule has 0 aromatic heterocycles. The highest BCUT2D eigenvalue weighted by molar-refractivity contribution is 5.89. The van der Waals surface area contributed by atoms with E-state index >= 15 is 0 Å². The second-order valence-corrected chi connectivity index (χ2v) is 5.98. The van der Waals surface area contributed by atoms with Gasteiger partial charge in [-0.2, -0.15) is 0 Å². The first-order chi connectivity index (χ1) is 9.11. The van der Waals surface area contributed by atoms with Gasteiger partial charge in [-0.1, -0.05) is 38.8 Å². The normalized spacial score (nSPS) is 23.4. The van der Waals surface area contributed by atoms with E-state index in [2.05, 4.69) is 26.0 Å². The average molecular weight is 260 g/mol. The Morgan fingerprint density at radius 3 is 2.47 bits per heavy atom. The number of carbonyl (C=O) groups excluding carboxylic acids is 1. The number of rotatable bonds is 3. The summed E-state index contributed by atoms with van der Waals surface area (Å²) < 4.78 is 4.73. The minimum atomic E-state index is -0.254. The molecule has 0 aliphatic heterocycles. The summed E-state index contributed by atoms with van der Waals surface area (Å²) in [4.78, 5) is 11.4. The van der Waals surface area contributed by atoms with Crippen LogP contribution in [-0.4, -0.2) is 13.1 Å². The van der Waals surface area contributed by atoms with E-state index in [1.54, 1.807) is 0 Å². The first kappa shape index (κ1) is 14.1. The Kier molecular flexibility index (Phi) is 4.62. The van der Waals surface area contributed by atoms with Gasteiger partial charge in [-0.05, 0) is 48.3 Å². The summed E-state index contributed by atoms with van der Waals surface area (Å²) >= 11 is 0. The maximum Gasteiger partial charge on any atom is 0.337 e.